The molecule has 19 nitrogen and oxygen atoms in total. The molecule has 1 atom stereocenters. The van der Waals surface area contributed by atoms with Gasteiger partial charge >= 0.3 is 10.0 Å². The van der Waals surface area contributed by atoms with Crippen LogP contribution in [0.1, 0.15) is 31.4 Å². The molecule has 1 unspecified atom stereocenters. The molecule has 8 rings (SSSR count). The standard InChI is InChI=1S/C24H29N2O.2C9H6N4O4S.Co/c1-4-24(2)21-7-5-6-8-22(21)25(3)23(24)14-11-19-9-12-20(13-10-19)26-15-17-27-18-16-26;2*14-5-1-2-6(7(15)3-5)11-12-9-10-4-8(18-9)13(16)17;/h5-14H,4,15-18H2,1-3H3;2*1-4H,(H2,10,12,14,15);/q+1;;;/p-2. The Bertz CT molecular complexity index is 2700. The van der Waals surface area contributed by atoms with E-state index in [1.165, 1.54) is 52.5 Å². The summed E-state index contributed by atoms with van der Waals surface area (Å²) in [5.41, 5.74) is 6.88. The SMILES string of the molecule is CCC1(C)C(/C=C/c2ccc(N3CCOCC3)cc2)=[N+](C)c2ccccc21.O=C1C=CC(=NN=c2[n-]cc([N+](=O)[O-])s2)C(O)=C1.O=C1C=CC(=NN=c2[n-]cc([N+](=O)[O-])s2)C(O)=C1.[Co]. The van der Waals surface area contributed by atoms with Crippen LogP contribution < -0.4 is 24.5 Å². The number of aliphatic hydroxyl groups is 2. The summed E-state index contributed by atoms with van der Waals surface area (Å²) in [5.74, 6) is -1.32. The fourth-order valence-corrected chi connectivity index (χ4v) is 7.58. The van der Waals surface area contributed by atoms with Crippen molar-refractivity contribution in [3.8, 4) is 0 Å². The second-order valence-electron chi connectivity index (χ2n) is 13.8. The van der Waals surface area contributed by atoms with E-state index in [0.29, 0.717) is 0 Å². The Morgan fingerprint density at radius 1 is 0.812 bits per heavy atom. The van der Waals surface area contributed by atoms with Gasteiger partial charge in [0.1, 0.15) is 30.0 Å². The third kappa shape index (κ3) is 11.9. The molecule has 0 spiro atoms. The molecule has 4 aromatic rings. The largest absolute Gasteiger partial charge is 0.506 e. The third-order valence-electron chi connectivity index (χ3n) is 9.90. The van der Waals surface area contributed by atoms with Crippen molar-refractivity contribution in [1.29, 1.82) is 0 Å². The van der Waals surface area contributed by atoms with Gasteiger partial charge < -0.3 is 40.0 Å². The Hall–Kier alpha value is -6.98. The molecule has 4 heterocycles. The number of hydrogen-bond donors (Lipinski definition) is 2. The van der Waals surface area contributed by atoms with E-state index in [1.807, 2.05) is 0 Å². The van der Waals surface area contributed by atoms with Gasteiger partial charge in [-0.25, -0.2) is 0 Å². The number of aliphatic hydroxyl groups excluding tert-OH is 2. The number of anilines is 1. The summed E-state index contributed by atoms with van der Waals surface area (Å²) in [5, 5.41) is 53.9. The van der Waals surface area contributed by atoms with E-state index in [0.717, 1.165) is 79.9 Å². The number of aromatic nitrogens is 2. The number of hydrogen-bond acceptors (Lipinski definition) is 16. The minimum atomic E-state index is -0.583. The first-order valence-electron chi connectivity index (χ1n) is 19.1. The minimum Gasteiger partial charge on any atom is -0.506 e. The van der Waals surface area contributed by atoms with Crippen LogP contribution >= 0.6 is 22.7 Å². The van der Waals surface area contributed by atoms with Crippen LogP contribution in [0, 0.1) is 20.2 Å². The van der Waals surface area contributed by atoms with E-state index in [1.54, 1.807) is 0 Å². The van der Waals surface area contributed by atoms with E-state index >= 15 is 0 Å². The van der Waals surface area contributed by atoms with Crippen molar-refractivity contribution in [2.45, 2.75) is 25.7 Å². The van der Waals surface area contributed by atoms with Crippen molar-refractivity contribution < 1.29 is 55.7 Å². The summed E-state index contributed by atoms with van der Waals surface area (Å²) in [6, 6.07) is 17.7. The number of ketones is 2. The van der Waals surface area contributed by atoms with Gasteiger partial charge in [0.15, 0.2) is 17.3 Å². The summed E-state index contributed by atoms with van der Waals surface area (Å²) in [6.07, 6.45) is 14.8. The number of para-hydroxylation sites is 1. The van der Waals surface area contributed by atoms with E-state index in [9.17, 15) is 40.0 Å². The molecule has 2 aromatic heterocycles. The first kappa shape index (κ1) is 48.1. The van der Waals surface area contributed by atoms with Gasteiger partial charge in [-0.1, -0.05) is 59.9 Å². The average molecular weight is 951 g/mol. The van der Waals surface area contributed by atoms with Gasteiger partial charge in [0.25, 0.3) is 0 Å². The summed E-state index contributed by atoms with van der Waals surface area (Å²) >= 11 is 1.51. The number of nitrogens with zero attached hydrogens (tertiary/aromatic N) is 10. The van der Waals surface area contributed by atoms with Crippen molar-refractivity contribution in [1.82, 2.24) is 9.97 Å². The van der Waals surface area contributed by atoms with Crippen molar-refractivity contribution in [3.63, 3.8) is 0 Å². The van der Waals surface area contributed by atoms with Gasteiger partial charge in [-0.2, -0.15) is 4.58 Å². The van der Waals surface area contributed by atoms with Crippen LogP contribution in [0.15, 0.2) is 135 Å². The normalized spacial score (nSPS) is 19.8. The molecular weight excluding hydrogens is 912 g/mol. The van der Waals surface area contributed by atoms with Gasteiger partial charge in [0.05, 0.1) is 28.5 Å². The Labute approximate surface area is 383 Å². The number of allylic oxidation sites excluding steroid dienone is 7. The van der Waals surface area contributed by atoms with Crippen LogP contribution in [0.3, 0.4) is 0 Å². The number of carbonyl (C=O) groups is 2. The average Bonchev–Trinajstić information content (AvgIpc) is 4.02. The van der Waals surface area contributed by atoms with Crippen molar-refractivity contribution >= 4 is 78.8 Å². The van der Waals surface area contributed by atoms with Crippen molar-refractivity contribution in [2.24, 2.45) is 20.4 Å². The minimum absolute atomic E-state index is 0. The van der Waals surface area contributed by atoms with E-state index in [2.05, 4.69) is 121 Å². The quantitative estimate of drug-likeness (QED) is 0.0957. The fraction of sp³-hybridized carbons (Fsp3) is 0.214. The number of fused-ring (bicyclic) bond motifs is 1. The second-order valence-corrected chi connectivity index (χ2v) is 15.8. The number of ether oxygens (including phenoxy) is 1. The number of thiazole rings is 2. The van der Waals surface area contributed by atoms with Crippen LogP contribution in [0.5, 0.6) is 0 Å². The van der Waals surface area contributed by atoms with Gasteiger partial charge in [-0.05, 0) is 61.4 Å². The topological polar surface area (TPSA) is 254 Å². The molecule has 4 aliphatic rings. The monoisotopic (exact) mass is 950 g/mol. The first-order chi connectivity index (χ1) is 30.2. The Kier molecular flexibility index (Phi) is 16.4. The summed E-state index contributed by atoms with van der Waals surface area (Å²) in [7, 11) is 2.18. The summed E-state index contributed by atoms with van der Waals surface area (Å²) < 4.78 is 7.79. The smallest absolute Gasteiger partial charge is 0.319 e. The molecule has 22 heteroatoms. The maximum atomic E-state index is 10.9. The fourth-order valence-electron chi connectivity index (χ4n) is 6.47. The van der Waals surface area contributed by atoms with Gasteiger partial charge in [-0.15, -0.1) is 0 Å². The van der Waals surface area contributed by atoms with Crippen LogP contribution in [0.2, 0.25) is 0 Å². The summed E-state index contributed by atoms with van der Waals surface area (Å²) in [6.45, 7) is 8.23. The molecule has 0 amide bonds. The van der Waals surface area contributed by atoms with Crippen molar-refractivity contribution in [2.75, 3.05) is 38.3 Å². The van der Waals surface area contributed by atoms with Crippen LogP contribution in [0.4, 0.5) is 21.4 Å². The molecule has 2 N–H and O–H groups in total. The molecule has 0 saturated carbocycles. The van der Waals surface area contributed by atoms with E-state index in [4.69, 9.17) is 4.74 Å². The first-order valence-corrected chi connectivity index (χ1v) is 20.7. The number of benzene rings is 2. The molecule has 1 radical (unpaired) electrons. The Balaban J connectivity index is 0.000000186. The van der Waals surface area contributed by atoms with Gasteiger partial charge in [-0.3, -0.25) is 40.0 Å². The Morgan fingerprint density at radius 3 is 1.80 bits per heavy atom. The third-order valence-corrected chi connectivity index (χ3v) is 11.6. The molecule has 1 fully saturated rings. The van der Waals surface area contributed by atoms with Gasteiger partial charge in [0.2, 0.25) is 5.69 Å². The number of morpholine rings is 1. The maximum Gasteiger partial charge on any atom is 0.319 e. The molecule has 2 aliphatic heterocycles. The molecule has 1 saturated heterocycles. The predicted octanol–water partition coefficient (Wildman–Crippen LogP) is 5.53. The summed E-state index contributed by atoms with van der Waals surface area (Å²) in [4.78, 5) is 51.3. The molecule has 2 aromatic carbocycles. The van der Waals surface area contributed by atoms with Crippen LogP contribution in [-0.4, -0.2) is 86.7 Å². The zero-order valence-corrected chi connectivity index (χ0v) is 37.0. The number of carbonyl (C=O) groups excluding carboxylic acids is 2. The zero-order chi connectivity index (χ0) is 45.1. The van der Waals surface area contributed by atoms with Crippen molar-refractivity contribution in [3.05, 3.63) is 156 Å². The van der Waals surface area contributed by atoms with E-state index in [-0.39, 0.29) is 76.3 Å². The molecule has 0 bridgehead atoms. The molecule has 2 aliphatic carbocycles. The zero-order valence-electron chi connectivity index (χ0n) is 34.3. The van der Waals surface area contributed by atoms with Crippen LogP contribution in [-0.2, 0) is 36.5 Å². The molecule has 64 heavy (non-hydrogen) atoms. The second kappa shape index (κ2) is 21.9. The molecular formula is C42H39CoN10O9S2-. The Morgan fingerprint density at radius 2 is 1.33 bits per heavy atom. The number of rotatable bonds is 8. The predicted molar refractivity (Wildman–Crippen MR) is 238 cm³/mol. The van der Waals surface area contributed by atoms with Gasteiger partial charge in [0, 0.05) is 87.4 Å². The van der Waals surface area contributed by atoms with Crippen LogP contribution in [0.25, 0.3) is 6.08 Å². The van der Waals surface area contributed by atoms with E-state index < -0.39 is 9.85 Å². The maximum absolute atomic E-state index is 10.9. The molecule has 333 valence electrons. The number of nitro groups is 2.